The van der Waals surface area contributed by atoms with Gasteiger partial charge in [0.2, 0.25) is 5.91 Å². The summed E-state index contributed by atoms with van der Waals surface area (Å²) in [5.41, 5.74) is 0.524. The fourth-order valence-electron chi connectivity index (χ4n) is 3.97. The summed E-state index contributed by atoms with van der Waals surface area (Å²) in [7, 11) is 3.95. The molecule has 0 aromatic heterocycles. The van der Waals surface area contributed by atoms with Crippen LogP contribution < -0.4 is 4.74 Å². The third-order valence-electron chi connectivity index (χ3n) is 6.22. The maximum atomic E-state index is 13.4. The molecule has 1 aliphatic heterocycles. The number of carbonyl (C=O) groups excluding carboxylic acids is 2. The van der Waals surface area contributed by atoms with Gasteiger partial charge in [-0.25, -0.2) is 0 Å². The zero-order valence-corrected chi connectivity index (χ0v) is 22.7. The van der Waals surface area contributed by atoms with E-state index in [0.29, 0.717) is 43.9 Å². The number of aliphatic hydroxyl groups excluding tert-OH is 3. The van der Waals surface area contributed by atoms with Crippen LogP contribution in [0, 0.1) is 5.92 Å². The Morgan fingerprint density at radius 1 is 1.03 bits per heavy atom. The Labute approximate surface area is 220 Å². The lowest BCUT2D eigenvalue weighted by atomic mass is 10.1. The number of amides is 2. The summed E-state index contributed by atoms with van der Waals surface area (Å²) in [5, 5.41) is 31.0. The first-order chi connectivity index (χ1) is 17.6. The van der Waals surface area contributed by atoms with Gasteiger partial charge in [-0.15, -0.1) is 0 Å². The highest BCUT2D eigenvalue weighted by Crippen LogP contribution is 2.16. The maximum Gasteiger partial charge on any atom is 0.253 e. The molecule has 0 saturated carbocycles. The van der Waals surface area contributed by atoms with E-state index in [0.717, 1.165) is 6.54 Å². The molecule has 210 valence electrons. The van der Waals surface area contributed by atoms with E-state index in [1.54, 1.807) is 29.2 Å². The lowest BCUT2D eigenvalue weighted by Gasteiger charge is -2.32. The highest BCUT2D eigenvalue weighted by atomic mass is 16.5. The minimum atomic E-state index is -1.45. The van der Waals surface area contributed by atoms with Gasteiger partial charge in [-0.2, -0.15) is 0 Å². The van der Waals surface area contributed by atoms with Crippen LogP contribution in [0.25, 0.3) is 0 Å². The van der Waals surface area contributed by atoms with Gasteiger partial charge in [0, 0.05) is 51.3 Å². The van der Waals surface area contributed by atoms with Crippen LogP contribution in [-0.2, 0) is 9.53 Å². The number of carbonyl (C=O) groups is 2. The summed E-state index contributed by atoms with van der Waals surface area (Å²) in [6.07, 6.45) is -2.44. The predicted octanol–water partition coefficient (Wildman–Crippen LogP) is 0.837. The average molecular weight is 524 g/mol. The topological polar surface area (TPSA) is 123 Å². The van der Waals surface area contributed by atoms with Gasteiger partial charge in [0.05, 0.1) is 6.61 Å². The van der Waals surface area contributed by atoms with E-state index in [9.17, 15) is 24.9 Å². The first-order valence-corrected chi connectivity index (χ1v) is 13.1. The van der Waals surface area contributed by atoms with Gasteiger partial charge >= 0.3 is 0 Å². The van der Waals surface area contributed by atoms with Crippen molar-refractivity contribution in [3.63, 3.8) is 0 Å². The molecule has 0 unspecified atom stereocenters. The van der Waals surface area contributed by atoms with Crippen molar-refractivity contribution in [2.45, 2.75) is 51.4 Å². The van der Waals surface area contributed by atoms with Crippen LogP contribution in [0.15, 0.2) is 24.3 Å². The van der Waals surface area contributed by atoms with Crippen LogP contribution in [0.2, 0.25) is 0 Å². The van der Waals surface area contributed by atoms with Crippen LogP contribution in [0.5, 0.6) is 5.75 Å². The molecule has 37 heavy (non-hydrogen) atoms. The van der Waals surface area contributed by atoms with Crippen LogP contribution in [0.1, 0.15) is 43.5 Å². The number of β-amino-alcohol motifs (C(OH)–C–C–N with tert-alkyl or cyclic N) is 1. The van der Waals surface area contributed by atoms with Crippen molar-refractivity contribution in [3.05, 3.63) is 29.8 Å². The van der Waals surface area contributed by atoms with Crippen molar-refractivity contribution < 1.29 is 34.4 Å². The highest BCUT2D eigenvalue weighted by Gasteiger charge is 2.29. The Balaban J connectivity index is 2.15. The Morgan fingerprint density at radius 3 is 2.35 bits per heavy atom. The number of likely N-dealkylation sites (N-methyl/N-ethyl adjacent to an activating group) is 1. The first kappa shape index (κ1) is 31.0. The molecule has 1 aliphatic rings. The summed E-state index contributed by atoms with van der Waals surface area (Å²) in [6.45, 7) is 6.24. The lowest BCUT2D eigenvalue weighted by molar-refractivity contribution is -0.137. The third kappa shape index (κ3) is 11.0. The third-order valence-corrected chi connectivity index (χ3v) is 6.22. The van der Waals surface area contributed by atoms with E-state index >= 15 is 0 Å². The Morgan fingerprint density at radius 2 is 1.70 bits per heavy atom. The molecule has 1 aromatic carbocycles. The molecule has 0 aliphatic carbocycles. The molecule has 1 heterocycles. The van der Waals surface area contributed by atoms with Gasteiger partial charge in [-0.3, -0.25) is 9.59 Å². The van der Waals surface area contributed by atoms with Gasteiger partial charge in [-0.05, 0) is 57.1 Å². The van der Waals surface area contributed by atoms with Crippen molar-refractivity contribution in [2.75, 3.05) is 66.6 Å². The van der Waals surface area contributed by atoms with E-state index in [1.807, 2.05) is 32.8 Å². The highest BCUT2D eigenvalue weighted by molar-refractivity contribution is 5.94. The second-order valence-electron chi connectivity index (χ2n) is 10.3. The van der Waals surface area contributed by atoms with Crippen LogP contribution in [0.4, 0.5) is 0 Å². The quantitative estimate of drug-likeness (QED) is 0.481. The molecule has 0 spiro atoms. The summed E-state index contributed by atoms with van der Waals surface area (Å²) in [5.74, 6) is 0.473. The number of benzene rings is 1. The summed E-state index contributed by atoms with van der Waals surface area (Å²) in [4.78, 5) is 31.5. The van der Waals surface area contributed by atoms with E-state index in [2.05, 4.69) is 0 Å². The molecule has 2 amide bonds. The molecule has 1 fully saturated rings. The van der Waals surface area contributed by atoms with E-state index in [1.165, 1.54) is 4.90 Å². The Hall–Kier alpha value is -2.24. The minimum absolute atomic E-state index is 0.109. The van der Waals surface area contributed by atoms with Gasteiger partial charge in [-0.1, -0.05) is 13.8 Å². The number of aliphatic hydroxyl groups is 3. The zero-order chi connectivity index (χ0) is 27.4. The standard InChI is InChI=1S/C27H45N3O7/c1-20(2)17-25(33)30-13-12-29(11-5-6-15-36-19-24(32)26(34)23(31)18-30)27(35)21-7-9-22(10-8-21)37-16-14-28(3)4/h7-10,20,23-24,26,31-32,34H,5-6,11-19H2,1-4H3/t23-,24+,26+/m0/s1. The molecular formula is C27H45N3O7. The number of nitrogens with zero attached hydrogens (tertiary/aromatic N) is 3. The van der Waals surface area contributed by atoms with Crippen molar-refractivity contribution in [2.24, 2.45) is 5.92 Å². The predicted molar refractivity (Wildman–Crippen MR) is 141 cm³/mol. The number of ether oxygens (including phenoxy) is 2. The van der Waals surface area contributed by atoms with E-state index in [4.69, 9.17) is 9.47 Å². The molecular weight excluding hydrogens is 478 g/mol. The zero-order valence-electron chi connectivity index (χ0n) is 22.7. The maximum absolute atomic E-state index is 13.4. The van der Waals surface area contributed by atoms with Crippen LogP contribution in [0.3, 0.4) is 0 Å². The van der Waals surface area contributed by atoms with Gasteiger partial charge < -0.3 is 39.5 Å². The van der Waals surface area contributed by atoms with Gasteiger partial charge in [0.15, 0.2) is 0 Å². The molecule has 10 heteroatoms. The van der Waals surface area contributed by atoms with Crippen LogP contribution >= 0.6 is 0 Å². The van der Waals surface area contributed by atoms with Crippen molar-refractivity contribution in [1.29, 1.82) is 0 Å². The molecule has 1 saturated heterocycles. The number of hydrogen-bond donors (Lipinski definition) is 3. The van der Waals surface area contributed by atoms with Crippen molar-refractivity contribution in [1.82, 2.24) is 14.7 Å². The number of rotatable bonds is 7. The normalized spacial score (nSPS) is 22.7. The molecule has 0 bridgehead atoms. The van der Waals surface area contributed by atoms with E-state index < -0.39 is 18.3 Å². The smallest absolute Gasteiger partial charge is 0.253 e. The van der Waals surface area contributed by atoms with Crippen LogP contribution in [-0.4, -0.2) is 127 Å². The lowest BCUT2D eigenvalue weighted by Crippen LogP contribution is -2.50. The van der Waals surface area contributed by atoms with Gasteiger partial charge in [0.1, 0.15) is 30.7 Å². The second kappa shape index (κ2) is 15.9. The second-order valence-corrected chi connectivity index (χ2v) is 10.3. The Kier molecular flexibility index (Phi) is 13.3. The monoisotopic (exact) mass is 523 g/mol. The van der Waals surface area contributed by atoms with Gasteiger partial charge in [0.25, 0.3) is 5.91 Å². The minimum Gasteiger partial charge on any atom is -0.492 e. The van der Waals surface area contributed by atoms with Crippen molar-refractivity contribution >= 4 is 11.8 Å². The first-order valence-electron chi connectivity index (χ1n) is 13.1. The molecule has 10 nitrogen and oxygen atoms in total. The van der Waals surface area contributed by atoms with E-state index in [-0.39, 0.29) is 50.4 Å². The summed E-state index contributed by atoms with van der Waals surface area (Å²) >= 11 is 0. The molecule has 1 aromatic rings. The summed E-state index contributed by atoms with van der Waals surface area (Å²) < 4.78 is 11.2. The molecule has 2 rings (SSSR count). The fraction of sp³-hybridized carbons (Fsp3) is 0.704. The van der Waals surface area contributed by atoms with Crippen molar-refractivity contribution in [3.8, 4) is 5.75 Å². The molecule has 3 N–H and O–H groups in total. The molecule has 3 atom stereocenters. The molecule has 0 radical (unpaired) electrons. The number of hydrogen-bond acceptors (Lipinski definition) is 8. The average Bonchev–Trinajstić information content (AvgIpc) is 2.85. The SMILES string of the molecule is CC(C)CC(=O)N1CCN(C(=O)c2ccc(OCCN(C)C)cc2)CCCCOC[C@@H](O)[C@H](O)[C@@H](O)C1. The summed E-state index contributed by atoms with van der Waals surface area (Å²) in [6, 6.07) is 7.04. The fourth-order valence-corrected chi connectivity index (χ4v) is 3.97. The largest absolute Gasteiger partial charge is 0.492 e. The Bertz CT molecular complexity index is 819.